The monoisotopic (exact) mass is 414 g/mol. The number of nitrogens with zero attached hydrogens (tertiary/aromatic N) is 2. The number of methoxy groups -OCH3 is 1. The van der Waals surface area contributed by atoms with Crippen LogP contribution in [0.3, 0.4) is 0 Å². The van der Waals surface area contributed by atoms with Crippen molar-refractivity contribution >= 4 is 23.4 Å². The predicted octanol–water partition coefficient (Wildman–Crippen LogP) is 3.01. The van der Waals surface area contributed by atoms with E-state index in [2.05, 4.69) is 20.8 Å². The molecule has 3 aromatic rings. The van der Waals surface area contributed by atoms with Crippen LogP contribution in [0, 0.1) is 0 Å². The molecule has 3 rings (SSSR count). The number of carbonyl (C=O) groups excluding carboxylic acids is 2. The number of nitrogens with one attached hydrogen (secondary N) is 2. The maximum atomic E-state index is 12.2. The van der Waals surface area contributed by atoms with Gasteiger partial charge in [0.15, 0.2) is 5.82 Å². The van der Waals surface area contributed by atoms with Gasteiger partial charge in [-0.15, -0.1) is 0 Å². The number of amides is 2. The van der Waals surface area contributed by atoms with E-state index in [9.17, 15) is 9.59 Å². The molecule has 2 aromatic carbocycles. The molecule has 0 radical (unpaired) electrons. The highest BCUT2D eigenvalue weighted by molar-refractivity contribution is 6.30. The smallest absolute Gasteiger partial charge is 0.257 e. The molecule has 0 fully saturated rings. The van der Waals surface area contributed by atoms with Gasteiger partial charge in [0.25, 0.3) is 11.8 Å². The normalized spacial score (nSPS) is 11.6. The van der Waals surface area contributed by atoms with Crippen LogP contribution < -0.4 is 15.4 Å². The van der Waals surface area contributed by atoms with Gasteiger partial charge in [-0.1, -0.05) is 22.8 Å². The van der Waals surface area contributed by atoms with Crippen LogP contribution in [0.2, 0.25) is 5.02 Å². The highest BCUT2D eigenvalue weighted by atomic mass is 35.5. The van der Waals surface area contributed by atoms with Gasteiger partial charge in [0.2, 0.25) is 5.91 Å². The lowest BCUT2D eigenvalue weighted by molar-refractivity contribution is -0.120. The molecule has 150 valence electrons. The number of carbonyl (C=O) groups is 2. The Labute approximate surface area is 172 Å². The molecule has 0 bridgehead atoms. The van der Waals surface area contributed by atoms with Crippen LogP contribution in [0.25, 0.3) is 11.5 Å². The Bertz CT molecular complexity index is 1000. The summed E-state index contributed by atoms with van der Waals surface area (Å²) >= 11 is 5.87. The summed E-state index contributed by atoms with van der Waals surface area (Å²) in [5, 5.41) is 9.77. The minimum atomic E-state index is -0.499. The van der Waals surface area contributed by atoms with Crippen molar-refractivity contribution in [1.82, 2.24) is 20.8 Å². The molecule has 0 saturated carbocycles. The molecule has 29 heavy (non-hydrogen) atoms. The first-order valence-corrected chi connectivity index (χ1v) is 9.15. The van der Waals surface area contributed by atoms with Crippen molar-refractivity contribution in [2.45, 2.75) is 13.0 Å². The summed E-state index contributed by atoms with van der Waals surface area (Å²) in [4.78, 5) is 28.6. The van der Waals surface area contributed by atoms with Crippen molar-refractivity contribution in [1.29, 1.82) is 0 Å². The number of rotatable bonds is 7. The maximum absolute atomic E-state index is 12.2. The Morgan fingerprint density at radius 2 is 1.97 bits per heavy atom. The second-order valence-electron chi connectivity index (χ2n) is 6.17. The lowest BCUT2D eigenvalue weighted by Crippen LogP contribution is -2.38. The van der Waals surface area contributed by atoms with Gasteiger partial charge in [-0.25, -0.2) is 0 Å². The average molecular weight is 415 g/mol. The van der Waals surface area contributed by atoms with Crippen molar-refractivity contribution < 1.29 is 18.8 Å². The van der Waals surface area contributed by atoms with Gasteiger partial charge in [0, 0.05) is 16.1 Å². The van der Waals surface area contributed by atoms with Gasteiger partial charge >= 0.3 is 0 Å². The minimum Gasteiger partial charge on any atom is -0.497 e. The first-order chi connectivity index (χ1) is 14.0. The maximum Gasteiger partial charge on any atom is 0.257 e. The highest BCUT2D eigenvalue weighted by Gasteiger charge is 2.17. The highest BCUT2D eigenvalue weighted by Crippen LogP contribution is 2.21. The molecule has 1 atom stereocenters. The van der Waals surface area contributed by atoms with Crippen molar-refractivity contribution in [3.8, 4) is 17.2 Å². The number of halogens is 1. The summed E-state index contributed by atoms with van der Waals surface area (Å²) < 4.78 is 10.3. The second kappa shape index (κ2) is 9.20. The molecule has 0 spiro atoms. The summed E-state index contributed by atoms with van der Waals surface area (Å²) in [7, 11) is 1.52. The zero-order chi connectivity index (χ0) is 20.8. The second-order valence-corrected chi connectivity index (χ2v) is 6.60. The molecule has 1 heterocycles. The summed E-state index contributed by atoms with van der Waals surface area (Å²) in [5.74, 6) is 0.443. The van der Waals surface area contributed by atoms with E-state index in [4.69, 9.17) is 20.9 Å². The van der Waals surface area contributed by atoms with E-state index in [1.54, 1.807) is 55.5 Å². The molecule has 0 aliphatic rings. The van der Waals surface area contributed by atoms with Gasteiger partial charge < -0.3 is 19.9 Å². The van der Waals surface area contributed by atoms with Gasteiger partial charge in [-0.2, -0.15) is 4.98 Å². The summed E-state index contributed by atoms with van der Waals surface area (Å²) in [5.41, 5.74) is 1.12. The third kappa shape index (κ3) is 5.32. The lowest BCUT2D eigenvalue weighted by Gasteiger charge is -2.11. The van der Waals surface area contributed by atoms with Gasteiger partial charge in [0.05, 0.1) is 19.7 Å². The summed E-state index contributed by atoms with van der Waals surface area (Å²) in [6.45, 7) is 1.53. The van der Waals surface area contributed by atoms with E-state index >= 15 is 0 Å². The van der Waals surface area contributed by atoms with Crippen molar-refractivity contribution in [3.05, 3.63) is 64.9 Å². The molecule has 9 heteroatoms. The Kier molecular flexibility index (Phi) is 6.46. The number of benzene rings is 2. The standard InChI is InChI=1S/C20H19ClN4O4/c1-12(18-24-20(29-25-18)13-6-8-15(21)9-7-13)23-17(26)11-22-19(27)14-4-3-5-16(10-14)28-2/h3-10,12H,11H2,1-2H3,(H,22,27)(H,23,26)/t12-/m0/s1. The van der Waals surface area contributed by atoms with Crippen LogP contribution in [0.15, 0.2) is 53.1 Å². The number of hydrogen-bond acceptors (Lipinski definition) is 6. The van der Waals surface area contributed by atoms with Gasteiger partial charge in [-0.05, 0) is 49.4 Å². The van der Waals surface area contributed by atoms with Crippen molar-refractivity contribution in [3.63, 3.8) is 0 Å². The molecule has 0 saturated heterocycles. The largest absolute Gasteiger partial charge is 0.497 e. The fourth-order valence-electron chi connectivity index (χ4n) is 2.50. The zero-order valence-corrected chi connectivity index (χ0v) is 16.6. The summed E-state index contributed by atoms with van der Waals surface area (Å²) in [6.07, 6.45) is 0. The van der Waals surface area contributed by atoms with E-state index in [1.807, 2.05) is 0 Å². The Morgan fingerprint density at radius 3 is 2.69 bits per heavy atom. The van der Waals surface area contributed by atoms with Gasteiger partial charge in [-0.3, -0.25) is 9.59 Å². The Morgan fingerprint density at radius 1 is 1.21 bits per heavy atom. The third-order valence-electron chi connectivity index (χ3n) is 4.04. The van der Waals surface area contributed by atoms with Crippen molar-refractivity contribution in [2.75, 3.05) is 13.7 Å². The lowest BCUT2D eigenvalue weighted by atomic mass is 10.2. The van der Waals surface area contributed by atoms with E-state index in [0.717, 1.165) is 5.56 Å². The topological polar surface area (TPSA) is 106 Å². The van der Waals surface area contributed by atoms with E-state index in [1.165, 1.54) is 7.11 Å². The molecular weight excluding hydrogens is 396 g/mol. The predicted molar refractivity (Wildman–Crippen MR) is 107 cm³/mol. The molecule has 2 amide bonds. The first kappa shape index (κ1) is 20.3. The number of hydrogen-bond donors (Lipinski definition) is 2. The molecule has 8 nitrogen and oxygen atoms in total. The molecule has 0 aliphatic carbocycles. The van der Waals surface area contributed by atoms with Crippen LogP contribution in [-0.2, 0) is 4.79 Å². The first-order valence-electron chi connectivity index (χ1n) is 8.77. The Balaban J connectivity index is 1.54. The van der Waals surface area contributed by atoms with Crippen LogP contribution in [0.1, 0.15) is 29.1 Å². The minimum absolute atomic E-state index is 0.192. The van der Waals surface area contributed by atoms with E-state index in [0.29, 0.717) is 28.1 Å². The third-order valence-corrected chi connectivity index (χ3v) is 4.29. The quantitative estimate of drug-likeness (QED) is 0.615. The molecule has 0 unspecified atom stereocenters. The number of aromatic nitrogens is 2. The SMILES string of the molecule is COc1cccc(C(=O)NCC(=O)N[C@@H](C)c2noc(-c3ccc(Cl)cc3)n2)c1. The van der Waals surface area contributed by atoms with Crippen molar-refractivity contribution in [2.24, 2.45) is 0 Å². The molecule has 2 N–H and O–H groups in total. The molecule has 0 aliphatic heterocycles. The fraction of sp³-hybridized carbons (Fsp3) is 0.200. The molecule has 1 aromatic heterocycles. The zero-order valence-electron chi connectivity index (χ0n) is 15.8. The molecular formula is C20H19ClN4O4. The van der Waals surface area contributed by atoms with E-state index in [-0.39, 0.29) is 18.4 Å². The van der Waals surface area contributed by atoms with Crippen LogP contribution in [0.5, 0.6) is 5.75 Å². The fourth-order valence-corrected chi connectivity index (χ4v) is 2.63. The van der Waals surface area contributed by atoms with Gasteiger partial charge in [0.1, 0.15) is 5.75 Å². The van der Waals surface area contributed by atoms with Crippen LogP contribution >= 0.6 is 11.6 Å². The summed E-state index contributed by atoms with van der Waals surface area (Å²) in [6, 6.07) is 13.1. The average Bonchev–Trinajstić information content (AvgIpc) is 3.23. The van der Waals surface area contributed by atoms with Crippen LogP contribution in [0.4, 0.5) is 0 Å². The van der Waals surface area contributed by atoms with E-state index < -0.39 is 6.04 Å². The Hall–Kier alpha value is -3.39. The number of ether oxygens (including phenoxy) is 1. The van der Waals surface area contributed by atoms with Crippen LogP contribution in [-0.4, -0.2) is 35.6 Å².